The molecule has 11 nitrogen and oxygen atoms in total. The Bertz CT molecular complexity index is 1610. The van der Waals surface area contributed by atoms with Gasteiger partial charge in [-0.25, -0.2) is 18.5 Å². The molecule has 38 heavy (non-hydrogen) atoms. The molecule has 0 radical (unpaired) electrons. The molecule has 4 aromatic rings. The van der Waals surface area contributed by atoms with Crippen LogP contribution in [0, 0.1) is 12.7 Å². The highest BCUT2D eigenvalue weighted by molar-refractivity contribution is 7.21. The van der Waals surface area contributed by atoms with Crippen molar-refractivity contribution in [2.24, 2.45) is 0 Å². The van der Waals surface area contributed by atoms with Gasteiger partial charge in [-0.05, 0) is 51.8 Å². The number of aliphatic carboxylic acids is 1. The van der Waals surface area contributed by atoms with Crippen molar-refractivity contribution in [1.29, 1.82) is 0 Å². The molecule has 0 aliphatic heterocycles. The van der Waals surface area contributed by atoms with Gasteiger partial charge in [0, 0.05) is 30.2 Å². The van der Waals surface area contributed by atoms with E-state index >= 15 is 0 Å². The van der Waals surface area contributed by atoms with Crippen molar-refractivity contribution in [2.45, 2.75) is 51.6 Å². The van der Waals surface area contributed by atoms with Crippen LogP contribution >= 0.6 is 11.3 Å². The first-order chi connectivity index (χ1) is 18.0. The van der Waals surface area contributed by atoms with Crippen LogP contribution in [0.5, 0.6) is 5.75 Å². The van der Waals surface area contributed by atoms with Crippen LogP contribution in [0.2, 0.25) is 0 Å². The highest BCUT2D eigenvalue weighted by Crippen LogP contribution is 2.35. The number of aliphatic hydroxyl groups excluding tert-OH is 1. The molecule has 4 rings (SSSR count). The molecule has 0 aliphatic rings. The maximum Gasteiger partial charge on any atom is 0.333 e. The van der Waals surface area contributed by atoms with E-state index in [4.69, 9.17) is 4.74 Å². The number of halogens is 1. The normalized spacial score (nSPS) is 12.7. The second-order valence-corrected chi connectivity index (χ2v) is 10.4. The lowest BCUT2D eigenvalue weighted by Gasteiger charge is -2.25. The van der Waals surface area contributed by atoms with E-state index in [9.17, 15) is 29.0 Å². The van der Waals surface area contributed by atoms with Gasteiger partial charge in [0.2, 0.25) is 0 Å². The molecule has 202 valence electrons. The largest absolute Gasteiger partial charge is 0.496 e. The number of ether oxygens (including phenoxy) is 1. The van der Waals surface area contributed by atoms with Crippen molar-refractivity contribution in [3.63, 3.8) is 0 Å². The number of fused-ring (bicyclic) bond motifs is 1. The topological polar surface area (TPSA) is 141 Å². The molecule has 2 N–H and O–H groups in total. The monoisotopic (exact) mass is 545 g/mol. The van der Waals surface area contributed by atoms with Crippen LogP contribution in [0.15, 0.2) is 40.2 Å². The maximum absolute atomic E-state index is 14.3. The lowest BCUT2D eigenvalue weighted by Crippen LogP contribution is -2.52. The Morgan fingerprint density at radius 2 is 1.92 bits per heavy atom. The van der Waals surface area contributed by atoms with E-state index in [1.54, 1.807) is 6.92 Å². The number of nitrogens with zero attached hydrogens (tertiary/aromatic N) is 5. The first-order valence-electron chi connectivity index (χ1n) is 11.9. The number of carboxylic acid groups (broad SMARTS) is 1. The molecule has 3 aromatic heterocycles. The average molecular weight is 546 g/mol. The highest BCUT2D eigenvalue weighted by Gasteiger charge is 2.36. The molecule has 0 saturated heterocycles. The summed E-state index contributed by atoms with van der Waals surface area (Å²) in [5.74, 6) is -1.96. The molecule has 0 amide bonds. The van der Waals surface area contributed by atoms with E-state index in [0.717, 1.165) is 15.9 Å². The summed E-state index contributed by atoms with van der Waals surface area (Å²) in [7, 11) is 1.45. The molecular formula is C25H28FN5O6S. The van der Waals surface area contributed by atoms with Gasteiger partial charge >= 0.3 is 11.7 Å². The molecule has 3 heterocycles. The third kappa shape index (κ3) is 4.63. The van der Waals surface area contributed by atoms with E-state index in [-0.39, 0.29) is 18.5 Å². The SMILES string of the molecule is COc1ccc(F)cc1C(CCCO)Cn1c(=O)n(C(C)(C)C(=O)O)c(=O)c2c(C)c(-n3nccn3)sc21. The molecule has 1 unspecified atom stereocenters. The first-order valence-corrected chi connectivity index (χ1v) is 12.7. The number of methoxy groups -OCH3 is 1. The Labute approximate surface area is 220 Å². The average Bonchev–Trinajstić information content (AvgIpc) is 3.51. The number of carbonyl (C=O) groups is 1. The van der Waals surface area contributed by atoms with Crippen molar-refractivity contribution in [2.75, 3.05) is 13.7 Å². The number of carboxylic acids is 1. The van der Waals surface area contributed by atoms with E-state index in [0.29, 0.717) is 39.5 Å². The van der Waals surface area contributed by atoms with Crippen molar-refractivity contribution in [3.05, 3.63) is 68.4 Å². The minimum atomic E-state index is -1.86. The lowest BCUT2D eigenvalue weighted by molar-refractivity contribution is -0.146. The van der Waals surface area contributed by atoms with Gasteiger partial charge in [-0.3, -0.25) is 9.36 Å². The van der Waals surface area contributed by atoms with Crippen molar-refractivity contribution < 1.29 is 24.1 Å². The Balaban J connectivity index is 2.05. The predicted octanol–water partition coefficient (Wildman–Crippen LogP) is 2.64. The van der Waals surface area contributed by atoms with Crippen LogP contribution in [0.3, 0.4) is 0 Å². The zero-order chi connectivity index (χ0) is 27.8. The second kappa shape index (κ2) is 10.5. The molecule has 13 heteroatoms. The van der Waals surface area contributed by atoms with Crippen LogP contribution in [0.25, 0.3) is 15.2 Å². The molecule has 1 atom stereocenters. The maximum atomic E-state index is 14.3. The van der Waals surface area contributed by atoms with Crippen molar-refractivity contribution in [1.82, 2.24) is 24.1 Å². The van der Waals surface area contributed by atoms with Crippen LogP contribution in [-0.4, -0.2) is 54.0 Å². The van der Waals surface area contributed by atoms with Crippen LogP contribution in [-0.2, 0) is 16.9 Å². The lowest BCUT2D eigenvalue weighted by atomic mass is 9.93. The zero-order valence-electron chi connectivity index (χ0n) is 21.3. The van der Waals surface area contributed by atoms with Gasteiger partial charge < -0.3 is 14.9 Å². The Morgan fingerprint density at radius 3 is 2.53 bits per heavy atom. The summed E-state index contributed by atoms with van der Waals surface area (Å²) in [6.45, 7) is 4.09. The molecule has 1 aromatic carbocycles. The van der Waals surface area contributed by atoms with E-state index in [2.05, 4.69) is 10.2 Å². The number of hydrogen-bond donors (Lipinski definition) is 2. The minimum absolute atomic E-state index is 0.0307. The summed E-state index contributed by atoms with van der Waals surface area (Å²) in [5, 5.41) is 28.4. The number of hydrogen-bond acceptors (Lipinski definition) is 8. The van der Waals surface area contributed by atoms with Crippen molar-refractivity contribution in [3.8, 4) is 10.8 Å². The van der Waals surface area contributed by atoms with E-state index in [1.807, 2.05) is 0 Å². The molecule has 0 fully saturated rings. The third-order valence-corrected chi connectivity index (χ3v) is 7.90. The molecule has 0 bridgehead atoms. The number of benzene rings is 1. The summed E-state index contributed by atoms with van der Waals surface area (Å²) in [5.41, 5.74) is -2.44. The van der Waals surface area contributed by atoms with Gasteiger partial charge in [0.05, 0.1) is 24.9 Å². The van der Waals surface area contributed by atoms with Crippen LogP contribution in [0.1, 0.15) is 43.7 Å². The highest BCUT2D eigenvalue weighted by atomic mass is 32.1. The van der Waals surface area contributed by atoms with Crippen LogP contribution < -0.4 is 16.0 Å². The Hall–Kier alpha value is -3.84. The summed E-state index contributed by atoms with van der Waals surface area (Å²) in [4.78, 5) is 41.4. The fourth-order valence-corrected chi connectivity index (χ4v) is 5.74. The number of aliphatic hydroxyl groups is 1. The van der Waals surface area contributed by atoms with Crippen molar-refractivity contribution >= 4 is 27.5 Å². The third-order valence-electron chi connectivity index (χ3n) is 6.62. The number of rotatable bonds is 10. The van der Waals surface area contributed by atoms with Gasteiger partial charge in [-0.1, -0.05) is 11.3 Å². The standard InChI is InChI=1S/C25H28FN5O6S/c1-14-19-20(33)30(25(2,3)23(34)35)24(36)29(22(19)38-21(14)31-27-9-10-28-31)13-15(6-5-11-32)17-12-16(26)7-8-18(17)37-4/h7-10,12,15,32H,5-6,11,13H2,1-4H3,(H,34,35). The summed E-state index contributed by atoms with van der Waals surface area (Å²) in [6.07, 6.45) is 3.67. The van der Waals surface area contributed by atoms with Gasteiger partial charge in [0.15, 0.2) is 0 Å². The fourth-order valence-electron chi connectivity index (χ4n) is 4.52. The van der Waals surface area contributed by atoms with E-state index in [1.165, 1.54) is 60.9 Å². The molecular weight excluding hydrogens is 517 g/mol. The van der Waals surface area contributed by atoms with Gasteiger partial charge in [-0.15, -0.1) is 4.80 Å². The fraction of sp³-hybridized carbons (Fsp3) is 0.400. The second-order valence-electron chi connectivity index (χ2n) is 9.38. The Morgan fingerprint density at radius 1 is 1.24 bits per heavy atom. The van der Waals surface area contributed by atoms with Crippen LogP contribution in [0.4, 0.5) is 4.39 Å². The molecule has 0 spiro atoms. The summed E-state index contributed by atoms with van der Waals surface area (Å²) < 4.78 is 21.8. The van der Waals surface area contributed by atoms with Gasteiger partial charge in [0.25, 0.3) is 5.56 Å². The molecule has 0 saturated carbocycles. The zero-order valence-corrected chi connectivity index (χ0v) is 22.2. The molecule has 0 aliphatic carbocycles. The first kappa shape index (κ1) is 27.2. The summed E-state index contributed by atoms with van der Waals surface area (Å²) >= 11 is 1.12. The number of aryl methyl sites for hydroxylation is 1. The van der Waals surface area contributed by atoms with Gasteiger partial charge in [-0.2, -0.15) is 10.2 Å². The number of aromatic nitrogens is 5. The summed E-state index contributed by atoms with van der Waals surface area (Å²) in [6, 6.07) is 4.07. The Kier molecular flexibility index (Phi) is 7.51. The minimum Gasteiger partial charge on any atom is -0.496 e. The van der Waals surface area contributed by atoms with Gasteiger partial charge in [0.1, 0.15) is 26.9 Å². The quantitative estimate of drug-likeness (QED) is 0.310. The number of thiophene rings is 1. The van der Waals surface area contributed by atoms with E-state index < -0.39 is 34.5 Å². The predicted molar refractivity (Wildman–Crippen MR) is 139 cm³/mol. The smallest absolute Gasteiger partial charge is 0.333 e.